The zero-order valence-corrected chi connectivity index (χ0v) is 16.0. The molecular formula is C19H27N3O3S. The number of hydrogen-bond acceptors (Lipinski definition) is 4. The van der Waals surface area contributed by atoms with Gasteiger partial charge in [-0.15, -0.1) is 0 Å². The lowest BCUT2D eigenvalue weighted by Crippen LogP contribution is -2.42. The van der Waals surface area contributed by atoms with Crippen LogP contribution in [-0.2, 0) is 10.0 Å². The number of sulfonamides is 1. The maximum atomic E-state index is 13.1. The summed E-state index contributed by atoms with van der Waals surface area (Å²) in [6.07, 6.45) is 5.62. The van der Waals surface area contributed by atoms with Gasteiger partial charge in [0.25, 0.3) is 5.91 Å². The smallest absolute Gasteiger partial charge is 0.253 e. The highest BCUT2D eigenvalue weighted by atomic mass is 32.2. The Hall–Kier alpha value is -1.44. The third-order valence-corrected chi connectivity index (χ3v) is 7.76. The number of rotatable bonds is 4. The van der Waals surface area contributed by atoms with Gasteiger partial charge in [0, 0.05) is 37.8 Å². The molecule has 0 radical (unpaired) electrons. The molecular weight excluding hydrogens is 350 g/mol. The molecule has 0 unspecified atom stereocenters. The number of likely N-dealkylation sites (tertiary alicyclic amines) is 2. The van der Waals surface area contributed by atoms with E-state index in [-0.39, 0.29) is 10.8 Å². The van der Waals surface area contributed by atoms with Crippen molar-refractivity contribution in [1.82, 2.24) is 14.1 Å². The van der Waals surface area contributed by atoms with E-state index >= 15 is 0 Å². The van der Waals surface area contributed by atoms with E-state index in [0.717, 1.165) is 39.0 Å². The zero-order valence-electron chi connectivity index (χ0n) is 15.1. The molecule has 7 heteroatoms. The summed E-state index contributed by atoms with van der Waals surface area (Å²) >= 11 is 0. The fourth-order valence-electron chi connectivity index (χ4n) is 4.15. The Labute approximate surface area is 155 Å². The van der Waals surface area contributed by atoms with Crippen molar-refractivity contribution < 1.29 is 13.2 Å². The van der Waals surface area contributed by atoms with Gasteiger partial charge in [0.05, 0.1) is 4.90 Å². The van der Waals surface area contributed by atoms with Crippen LogP contribution >= 0.6 is 0 Å². The summed E-state index contributed by atoms with van der Waals surface area (Å²) < 4.78 is 27.7. The Morgan fingerprint density at radius 2 is 1.73 bits per heavy atom. The Morgan fingerprint density at radius 1 is 0.962 bits per heavy atom. The molecule has 1 atom stereocenters. The second-order valence-electron chi connectivity index (χ2n) is 7.58. The second kappa shape index (κ2) is 7.29. The molecule has 1 aromatic carbocycles. The second-order valence-corrected chi connectivity index (χ2v) is 9.51. The average molecular weight is 378 g/mol. The van der Waals surface area contributed by atoms with Crippen LogP contribution in [0.25, 0.3) is 0 Å². The monoisotopic (exact) mass is 377 g/mol. The molecule has 3 aliphatic heterocycles. The van der Waals surface area contributed by atoms with Crippen LogP contribution in [0.15, 0.2) is 29.2 Å². The Bertz CT molecular complexity index is 770. The van der Waals surface area contributed by atoms with E-state index in [0.29, 0.717) is 24.7 Å². The first kappa shape index (κ1) is 17.9. The van der Waals surface area contributed by atoms with Gasteiger partial charge in [-0.2, -0.15) is 4.31 Å². The van der Waals surface area contributed by atoms with Gasteiger partial charge >= 0.3 is 0 Å². The van der Waals surface area contributed by atoms with E-state index in [1.165, 1.54) is 19.3 Å². The molecule has 0 saturated carbocycles. The molecule has 142 valence electrons. The van der Waals surface area contributed by atoms with Crippen LogP contribution < -0.4 is 0 Å². The van der Waals surface area contributed by atoms with Crippen LogP contribution in [0.1, 0.15) is 42.5 Å². The van der Waals surface area contributed by atoms with Crippen molar-refractivity contribution in [1.29, 1.82) is 0 Å². The highest BCUT2D eigenvalue weighted by Gasteiger charge is 2.36. The van der Waals surface area contributed by atoms with E-state index in [1.54, 1.807) is 33.5 Å². The van der Waals surface area contributed by atoms with Crippen molar-refractivity contribution in [3.8, 4) is 0 Å². The van der Waals surface area contributed by atoms with Crippen LogP contribution in [0.5, 0.6) is 0 Å². The molecule has 1 aromatic rings. The maximum Gasteiger partial charge on any atom is 0.253 e. The van der Waals surface area contributed by atoms with Crippen LogP contribution in [0.2, 0.25) is 0 Å². The van der Waals surface area contributed by atoms with Crippen LogP contribution in [0, 0.1) is 0 Å². The molecule has 0 N–H and O–H groups in total. The lowest BCUT2D eigenvalue weighted by molar-refractivity contribution is 0.0651. The van der Waals surface area contributed by atoms with Gasteiger partial charge in [-0.25, -0.2) is 8.42 Å². The minimum atomic E-state index is -3.54. The van der Waals surface area contributed by atoms with E-state index in [2.05, 4.69) is 4.90 Å². The predicted molar refractivity (Wildman–Crippen MR) is 99.6 cm³/mol. The van der Waals surface area contributed by atoms with E-state index in [4.69, 9.17) is 0 Å². The summed E-state index contributed by atoms with van der Waals surface area (Å²) in [4.78, 5) is 16.8. The molecule has 3 fully saturated rings. The van der Waals surface area contributed by atoms with Crippen molar-refractivity contribution in [3.63, 3.8) is 0 Å². The number of carbonyl (C=O) groups excluding carboxylic acids is 1. The number of amides is 1. The summed E-state index contributed by atoms with van der Waals surface area (Å²) in [7, 11) is -3.54. The van der Waals surface area contributed by atoms with Gasteiger partial charge in [0.1, 0.15) is 0 Å². The first-order valence-electron chi connectivity index (χ1n) is 9.69. The normalized spacial score (nSPS) is 25.2. The summed E-state index contributed by atoms with van der Waals surface area (Å²) in [5, 5.41) is 0. The number of carbonyl (C=O) groups is 1. The summed E-state index contributed by atoms with van der Waals surface area (Å²) in [6.45, 7) is 4.82. The highest BCUT2D eigenvalue weighted by molar-refractivity contribution is 7.89. The molecule has 1 amide bonds. The number of nitrogens with zero attached hydrogens (tertiary/aromatic N) is 3. The first-order chi connectivity index (χ1) is 12.6. The molecule has 0 aliphatic carbocycles. The minimum absolute atomic E-state index is 0.0686. The van der Waals surface area contributed by atoms with Crippen molar-refractivity contribution in [3.05, 3.63) is 29.8 Å². The van der Waals surface area contributed by atoms with Crippen LogP contribution in [0.4, 0.5) is 0 Å². The number of hydrogen-bond donors (Lipinski definition) is 0. The van der Waals surface area contributed by atoms with Gasteiger partial charge in [0.2, 0.25) is 10.0 Å². The molecule has 0 bridgehead atoms. The van der Waals surface area contributed by atoms with Gasteiger partial charge in [-0.1, -0.05) is 12.5 Å². The summed E-state index contributed by atoms with van der Waals surface area (Å²) in [6, 6.07) is 6.87. The van der Waals surface area contributed by atoms with E-state index in [9.17, 15) is 13.2 Å². The van der Waals surface area contributed by atoms with Gasteiger partial charge in [-0.05, 0) is 57.0 Å². The lowest BCUT2D eigenvalue weighted by atomic mass is 10.1. The maximum absolute atomic E-state index is 13.1. The standard InChI is InChI=1S/C19H27N3O3S/c23-19(21-11-5-12-21)16-6-4-7-18(14-16)26(24,25)22-13-8-17(15-22)20-9-2-1-3-10-20/h4,6-7,14,17H,1-3,5,8-13,15H2/t17-/m1/s1. The lowest BCUT2D eigenvalue weighted by Gasteiger charge is -2.32. The summed E-state index contributed by atoms with van der Waals surface area (Å²) in [5.41, 5.74) is 0.470. The van der Waals surface area contributed by atoms with Crippen LogP contribution in [-0.4, -0.2) is 73.7 Å². The van der Waals surface area contributed by atoms with E-state index < -0.39 is 10.0 Å². The topological polar surface area (TPSA) is 60.9 Å². The fraction of sp³-hybridized carbons (Fsp3) is 0.632. The summed E-state index contributed by atoms with van der Waals surface area (Å²) in [5.74, 6) is -0.0686. The van der Waals surface area contributed by atoms with Crippen molar-refractivity contribution in [2.75, 3.05) is 39.3 Å². The molecule has 26 heavy (non-hydrogen) atoms. The largest absolute Gasteiger partial charge is 0.339 e. The van der Waals surface area contributed by atoms with Crippen molar-refractivity contribution >= 4 is 15.9 Å². The molecule has 4 rings (SSSR count). The molecule has 0 spiro atoms. The Balaban J connectivity index is 1.49. The SMILES string of the molecule is O=C(c1cccc(S(=O)(=O)N2CC[C@@H](N3CCCCC3)C2)c1)N1CCC1. The van der Waals surface area contributed by atoms with Gasteiger partial charge in [-0.3, -0.25) is 9.69 Å². The highest BCUT2D eigenvalue weighted by Crippen LogP contribution is 2.26. The average Bonchev–Trinajstić information content (AvgIpc) is 3.12. The quantitative estimate of drug-likeness (QED) is 0.803. The van der Waals surface area contributed by atoms with Crippen molar-refractivity contribution in [2.45, 2.75) is 43.0 Å². The molecule has 3 aliphatic rings. The third kappa shape index (κ3) is 3.40. The molecule has 3 saturated heterocycles. The fourth-order valence-corrected chi connectivity index (χ4v) is 5.69. The Morgan fingerprint density at radius 3 is 2.42 bits per heavy atom. The van der Waals surface area contributed by atoms with E-state index in [1.807, 2.05) is 0 Å². The third-order valence-electron chi connectivity index (χ3n) is 5.90. The molecule has 0 aromatic heterocycles. The number of piperidine rings is 1. The number of benzene rings is 1. The van der Waals surface area contributed by atoms with Gasteiger partial charge < -0.3 is 4.90 Å². The zero-order chi connectivity index (χ0) is 18.1. The molecule has 6 nitrogen and oxygen atoms in total. The minimum Gasteiger partial charge on any atom is -0.339 e. The van der Waals surface area contributed by atoms with Crippen LogP contribution in [0.3, 0.4) is 0 Å². The Kier molecular flexibility index (Phi) is 5.03. The predicted octanol–water partition coefficient (Wildman–Crippen LogP) is 1.78. The van der Waals surface area contributed by atoms with Crippen molar-refractivity contribution in [2.24, 2.45) is 0 Å². The van der Waals surface area contributed by atoms with Gasteiger partial charge in [0.15, 0.2) is 0 Å². The first-order valence-corrected chi connectivity index (χ1v) is 11.1. The molecule has 3 heterocycles.